The molecule has 206 valence electrons. The molecule has 0 bridgehead atoms. The van der Waals surface area contributed by atoms with E-state index in [4.69, 9.17) is 0 Å². The van der Waals surface area contributed by atoms with Crippen LogP contribution in [0.25, 0.3) is 66.1 Å². The molecule has 2 heterocycles. The zero-order chi connectivity index (χ0) is 29.9. The second-order valence-electron chi connectivity index (χ2n) is 11.3. The van der Waals surface area contributed by atoms with Gasteiger partial charge in [0.05, 0.1) is 44.6 Å². The average Bonchev–Trinajstić information content (AvgIpc) is 3.57. The molecule has 0 aliphatic carbocycles. The summed E-state index contributed by atoms with van der Waals surface area (Å²) < 4.78 is 4.68. The molecule has 0 aliphatic heterocycles. The topological polar surface area (TPSA) is 57.4 Å². The fourth-order valence-corrected chi connectivity index (χ4v) is 7.05. The van der Waals surface area contributed by atoms with Gasteiger partial charge in [-0.25, -0.2) is 0 Å². The molecule has 0 amide bonds. The molecule has 8 rings (SSSR count). The maximum absolute atomic E-state index is 10.5. The van der Waals surface area contributed by atoms with E-state index < -0.39 is 0 Å². The first kappa shape index (κ1) is 25.6. The van der Waals surface area contributed by atoms with E-state index in [9.17, 15) is 10.5 Å². The summed E-state index contributed by atoms with van der Waals surface area (Å²) in [6.07, 6.45) is 0. The standard InChI is InChI=1S/C40H26N4/c1-25-11-9-12-26(2)39(25)44-36-20-8-5-16-30(36)32-21-22-37(38(40(32)44)31-17-10-13-27(23-41)33(31)24-42)43-34-18-6-3-14-28(34)29-15-4-7-19-35(29)43/h3-22H,1-2H3. The molecule has 0 fully saturated rings. The van der Waals surface area contributed by atoms with E-state index in [0.717, 1.165) is 77.2 Å². The van der Waals surface area contributed by atoms with Crippen molar-refractivity contribution in [2.75, 3.05) is 0 Å². The average molecular weight is 563 g/mol. The van der Waals surface area contributed by atoms with E-state index in [1.807, 2.05) is 12.1 Å². The van der Waals surface area contributed by atoms with E-state index in [2.05, 4.69) is 138 Å². The lowest BCUT2D eigenvalue weighted by Crippen LogP contribution is -2.05. The van der Waals surface area contributed by atoms with Gasteiger partial charge < -0.3 is 9.13 Å². The number of para-hydroxylation sites is 4. The van der Waals surface area contributed by atoms with Crippen LogP contribution in [0, 0.1) is 36.5 Å². The van der Waals surface area contributed by atoms with Gasteiger partial charge in [0, 0.05) is 32.7 Å². The van der Waals surface area contributed by atoms with Gasteiger partial charge in [0.1, 0.15) is 12.1 Å². The van der Waals surface area contributed by atoms with Gasteiger partial charge in [-0.2, -0.15) is 10.5 Å². The van der Waals surface area contributed by atoms with Gasteiger partial charge in [-0.3, -0.25) is 0 Å². The Kier molecular flexibility index (Phi) is 5.66. The van der Waals surface area contributed by atoms with Crippen LogP contribution in [0.2, 0.25) is 0 Å². The molecule has 4 nitrogen and oxygen atoms in total. The fourth-order valence-electron chi connectivity index (χ4n) is 7.05. The van der Waals surface area contributed by atoms with Gasteiger partial charge in [-0.05, 0) is 55.3 Å². The van der Waals surface area contributed by atoms with Crippen LogP contribution in [-0.2, 0) is 0 Å². The Morgan fingerprint density at radius 1 is 0.500 bits per heavy atom. The van der Waals surface area contributed by atoms with E-state index in [-0.39, 0.29) is 0 Å². The molecule has 0 spiro atoms. The summed E-state index contributed by atoms with van der Waals surface area (Å²) in [6, 6.07) is 46.5. The minimum Gasteiger partial charge on any atom is -0.309 e. The predicted molar refractivity (Wildman–Crippen MR) is 179 cm³/mol. The molecule has 0 radical (unpaired) electrons. The Labute approximate surface area is 254 Å². The molecule has 0 unspecified atom stereocenters. The number of benzene rings is 6. The molecule has 0 N–H and O–H groups in total. The van der Waals surface area contributed by atoms with Gasteiger partial charge in [-0.15, -0.1) is 0 Å². The first-order chi connectivity index (χ1) is 21.6. The predicted octanol–water partition coefficient (Wildman–Crippen LogP) is 9.91. The van der Waals surface area contributed by atoms with Crippen molar-refractivity contribution in [2.45, 2.75) is 13.8 Å². The van der Waals surface area contributed by atoms with Gasteiger partial charge in [-0.1, -0.05) is 91.0 Å². The largest absolute Gasteiger partial charge is 0.309 e. The molecule has 0 saturated heterocycles. The quantitative estimate of drug-likeness (QED) is 0.215. The number of aromatic nitrogens is 2. The van der Waals surface area contributed by atoms with Gasteiger partial charge in [0.2, 0.25) is 0 Å². The van der Waals surface area contributed by atoms with E-state index in [0.29, 0.717) is 11.1 Å². The Balaban J connectivity index is 1.68. The number of nitriles is 2. The maximum Gasteiger partial charge on any atom is 0.101 e. The Bertz CT molecular complexity index is 2470. The van der Waals surface area contributed by atoms with Gasteiger partial charge >= 0.3 is 0 Å². The summed E-state index contributed by atoms with van der Waals surface area (Å²) in [6.45, 7) is 4.30. The molecule has 0 saturated carbocycles. The van der Waals surface area contributed by atoms with Gasteiger partial charge in [0.25, 0.3) is 0 Å². The summed E-state index contributed by atoms with van der Waals surface area (Å²) in [5.41, 5.74) is 11.1. The van der Waals surface area contributed by atoms with Gasteiger partial charge in [0.15, 0.2) is 0 Å². The highest BCUT2D eigenvalue weighted by molar-refractivity contribution is 6.17. The van der Waals surface area contributed by atoms with Crippen LogP contribution in [0.3, 0.4) is 0 Å². The minimum atomic E-state index is 0.366. The zero-order valence-electron chi connectivity index (χ0n) is 24.3. The summed E-state index contributed by atoms with van der Waals surface area (Å²) in [5.74, 6) is 0. The molecule has 6 aromatic carbocycles. The number of aryl methyl sites for hydroxylation is 2. The van der Waals surface area contributed by atoms with Crippen LogP contribution in [0.4, 0.5) is 0 Å². The summed E-state index contributed by atoms with van der Waals surface area (Å²) >= 11 is 0. The maximum atomic E-state index is 10.5. The van der Waals surface area contributed by atoms with Crippen molar-refractivity contribution in [3.63, 3.8) is 0 Å². The van der Waals surface area contributed by atoms with E-state index in [1.165, 1.54) is 0 Å². The van der Waals surface area contributed by atoms with Crippen molar-refractivity contribution in [3.05, 3.63) is 144 Å². The highest BCUT2D eigenvalue weighted by Gasteiger charge is 2.25. The fraction of sp³-hybridized carbons (Fsp3) is 0.0500. The third-order valence-corrected chi connectivity index (χ3v) is 8.86. The normalized spacial score (nSPS) is 11.4. The van der Waals surface area contributed by atoms with Crippen LogP contribution in [0.5, 0.6) is 0 Å². The van der Waals surface area contributed by atoms with Crippen LogP contribution < -0.4 is 0 Å². The SMILES string of the molecule is Cc1cccc(C)c1-n1c2ccccc2c2ccc(-n3c4ccccc4c4ccccc43)c(-c3cccc(C#N)c3C#N)c21. The van der Waals surface area contributed by atoms with Crippen molar-refractivity contribution in [1.82, 2.24) is 9.13 Å². The second-order valence-corrected chi connectivity index (χ2v) is 11.3. The van der Waals surface area contributed by atoms with Crippen molar-refractivity contribution in [2.24, 2.45) is 0 Å². The molecular formula is C40H26N4. The van der Waals surface area contributed by atoms with Crippen molar-refractivity contribution in [1.29, 1.82) is 10.5 Å². The lowest BCUT2D eigenvalue weighted by Gasteiger charge is -2.20. The second kappa shape index (κ2) is 9.73. The third-order valence-electron chi connectivity index (χ3n) is 8.86. The first-order valence-electron chi connectivity index (χ1n) is 14.7. The monoisotopic (exact) mass is 562 g/mol. The number of nitrogens with zero attached hydrogens (tertiary/aromatic N) is 4. The van der Waals surface area contributed by atoms with E-state index in [1.54, 1.807) is 6.07 Å². The lowest BCUT2D eigenvalue weighted by atomic mass is 9.93. The van der Waals surface area contributed by atoms with Crippen molar-refractivity contribution < 1.29 is 0 Å². The van der Waals surface area contributed by atoms with E-state index >= 15 is 0 Å². The van der Waals surface area contributed by atoms with Crippen LogP contribution in [-0.4, -0.2) is 9.13 Å². The summed E-state index contributed by atoms with van der Waals surface area (Å²) in [4.78, 5) is 0. The lowest BCUT2D eigenvalue weighted by molar-refractivity contribution is 1.11. The number of hydrogen-bond acceptors (Lipinski definition) is 2. The molecule has 44 heavy (non-hydrogen) atoms. The molecule has 0 aliphatic rings. The number of rotatable bonds is 3. The van der Waals surface area contributed by atoms with Crippen molar-refractivity contribution >= 4 is 43.6 Å². The Morgan fingerprint density at radius 2 is 1.05 bits per heavy atom. The third kappa shape index (κ3) is 3.49. The Morgan fingerprint density at radius 3 is 1.64 bits per heavy atom. The molecule has 2 aromatic heterocycles. The molecule has 4 heteroatoms. The summed E-state index contributed by atoms with van der Waals surface area (Å²) in [7, 11) is 0. The first-order valence-corrected chi connectivity index (χ1v) is 14.7. The van der Waals surface area contributed by atoms with Crippen LogP contribution in [0.15, 0.2) is 121 Å². The molecule has 0 atom stereocenters. The zero-order valence-corrected chi connectivity index (χ0v) is 24.3. The smallest absolute Gasteiger partial charge is 0.101 e. The highest BCUT2D eigenvalue weighted by atomic mass is 15.0. The molecule has 8 aromatic rings. The minimum absolute atomic E-state index is 0.366. The highest BCUT2D eigenvalue weighted by Crippen LogP contribution is 2.45. The molecular weight excluding hydrogens is 536 g/mol. The number of fused-ring (bicyclic) bond motifs is 6. The van der Waals surface area contributed by atoms with Crippen LogP contribution >= 0.6 is 0 Å². The number of hydrogen-bond donors (Lipinski definition) is 0. The van der Waals surface area contributed by atoms with Crippen molar-refractivity contribution in [3.8, 4) is 34.6 Å². The van der Waals surface area contributed by atoms with Crippen LogP contribution in [0.1, 0.15) is 22.3 Å². The Hall–Kier alpha value is -6.10. The summed E-state index contributed by atoms with van der Waals surface area (Å²) in [5, 5.41) is 25.2.